The van der Waals surface area contributed by atoms with Crippen molar-refractivity contribution in [3.63, 3.8) is 0 Å². The fourth-order valence-corrected chi connectivity index (χ4v) is 10.7. The van der Waals surface area contributed by atoms with Gasteiger partial charge in [-0.2, -0.15) is 0 Å². The monoisotopic (exact) mass is 334 g/mol. The molecule has 0 aliphatic carbocycles. The lowest BCUT2D eigenvalue weighted by Gasteiger charge is -2.23. The summed E-state index contributed by atoms with van der Waals surface area (Å²) in [6, 6.07) is 0. The van der Waals surface area contributed by atoms with Crippen LogP contribution in [0.25, 0.3) is 0 Å². The van der Waals surface area contributed by atoms with E-state index in [0.717, 1.165) is 12.8 Å². The number of rotatable bonds is 2. The van der Waals surface area contributed by atoms with Crippen LogP contribution < -0.4 is 0 Å². The summed E-state index contributed by atoms with van der Waals surface area (Å²) in [7, 11) is 2.29. The molecule has 1 aromatic rings. The molecule has 0 bridgehead atoms. The molecule has 1 nitrogen and oxygen atoms in total. The Morgan fingerprint density at radius 2 is 1.33 bits per heavy atom. The van der Waals surface area contributed by atoms with Gasteiger partial charge in [0, 0.05) is 31.1 Å². The summed E-state index contributed by atoms with van der Waals surface area (Å²) in [4.78, 5) is 5.59. The predicted molar refractivity (Wildman–Crippen MR) is 86.5 cm³/mol. The zero-order valence-corrected chi connectivity index (χ0v) is 14.4. The Morgan fingerprint density at radius 1 is 0.889 bits per heavy atom. The van der Waals surface area contributed by atoms with Gasteiger partial charge in [-0.25, -0.2) is 4.21 Å². The molecule has 0 spiro atoms. The first-order chi connectivity index (χ1) is 8.76. The van der Waals surface area contributed by atoms with Gasteiger partial charge in [-0.1, -0.05) is 13.8 Å². The van der Waals surface area contributed by atoms with Gasteiger partial charge in [0.25, 0.3) is 0 Å². The molecule has 18 heavy (non-hydrogen) atoms. The van der Waals surface area contributed by atoms with Crippen LogP contribution in [0.1, 0.15) is 25.0 Å². The maximum Gasteiger partial charge on any atom is 0.151 e. The Labute approximate surface area is 126 Å². The maximum atomic E-state index is 11.9. The third-order valence-corrected chi connectivity index (χ3v) is 10.5. The highest BCUT2D eigenvalue weighted by Gasteiger charge is 2.31. The topological polar surface area (TPSA) is 17.1 Å². The number of hydrogen-bond donors (Lipinski definition) is 0. The Balaban J connectivity index is 2.28. The Bertz CT molecular complexity index is 481. The lowest BCUT2D eigenvalue weighted by molar-refractivity contribution is 0.699. The quantitative estimate of drug-likeness (QED) is 0.721. The molecule has 0 unspecified atom stereocenters. The van der Waals surface area contributed by atoms with Crippen molar-refractivity contribution in [1.29, 1.82) is 0 Å². The minimum Gasteiger partial charge on any atom is -0.235 e. The Kier molecular flexibility index (Phi) is 4.30. The summed E-state index contributed by atoms with van der Waals surface area (Å²) in [5, 5.41) is 0. The van der Waals surface area contributed by atoms with Crippen molar-refractivity contribution in [2.75, 3.05) is 11.5 Å². The molecule has 0 fully saturated rings. The van der Waals surface area contributed by atoms with E-state index in [4.69, 9.17) is 0 Å². The van der Waals surface area contributed by atoms with Crippen molar-refractivity contribution >= 4 is 54.0 Å². The molecule has 0 N–H and O–H groups in total. The minimum absolute atomic E-state index is 0.828. The van der Waals surface area contributed by atoms with E-state index in [-0.39, 0.29) is 0 Å². The largest absolute Gasteiger partial charge is 0.235 e. The molecule has 0 saturated heterocycles. The van der Waals surface area contributed by atoms with E-state index in [1.54, 1.807) is 21.6 Å². The van der Waals surface area contributed by atoms with E-state index in [1.807, 2.05) is 23.5 Å². The van der Waals surface area contributed by atoms with Crippen LogP contribution in [0.2, 0.25) is 0 Å². The highest BCUT2D eigenvalue weighted by Crippen LogP contribution is 2.56. The number of thioether (sulfide) groups is 2. The minimum atomic E-state index is -0.828. The summed E-state index contributed by atoms with van der Waals surface area (Å²) in [6.45, 7) is 4.43. The van der Waals surface area contributed by atoms with Crippen LogP contribution in [0.4, 0.5) is 0 Å². The SMILES string of the molecule is CCc1c2c(c(CC)c3c1SS(=O)S3)SCCS2. The first kappa shape index (κ1) is 13.7. The molecule has 1 aromatic carbocycles. The lowest BCUT2D eigenvalue weighted by Crippen LogP contribution is -2.04. The van der Waals surface area contributed by atoms with Crippen LogP contribution in [0, 0.1) is 0 Å². The van der Waals surface area contributed by atoms with Crippen LogP contribution in [-0.4, -0.2) is 15.7 Å². The third-order valence-electron chi connectivity index (χ3n) is 3.09. The fourth-order valence-electron chi connectivity index (χ4n) is 2.32. The molecular formula is C12H14OS5. The first-order valence-corrected chi connectivity index (χ1v) is 11.8. The summed E-state index contributed by atoms with van der Waals surface area (Å²) < 4.78 is 11.9. The van der Waals surface area contributed by atoms with Gasteiger partial charge in [0.2, 0.25) is 0 Å². The standard InChI is InChI=1S/C12H14OS5/c1-3-7-9-10(15-6-5-14-9)8(4-2)12-11(7)16-18(13)17-12/h3-6H2,1-2H3. The van der Waals surface area contributed by atoms with Gasteiger partial charge in [0.15, 0.2) is 8.86 Å². The molecule has 2 aliphatic heterocycles. The number of fused-ring (bicyclic) bond motifs is 2. The van der Waals surface area contributed by atoms with Crippen LogP contribution in [0.3, 0.4) is 0 Å². The zero-order chi connectivity index (χ0) is 12.7. The van der Waals surface area contributed by atoms with Gasteiger partial charge < -0.3 is 0 Å². The molecule has 0 radical (unpaired) electrons. The van der Waals surface area contributed by atoms with Crippen molar-refractivity contribution in [3.05, 3.63) is 11.1 Å². The molecule has 3 rings (SSSR count). The van der Waals surface area contributed by atoms with Crippen molar-refractivity contribution < 1.29 is 4.21 Å². The van der Waals surface area contributed by atoms with Crippen molar-refractivity contribution in [2.24, 2.45) is 0 Å². The van der Waals surface area contributed by atoms with Gasteiger partial charge in [-0.15, -0.1) is 23.5 Å². The highest BCUT2D eigenvalue weighted by molar-refractivity contribution is 9.03. The average Bonchev–Trinajstić information content (AvgIpc) is 2.76. The van der Waals surface area contributed by atoms with E-state index >= 15 is 0 Å². The maximum absolute atomic E-state index is 11.9. The molecule has 0 atom stereocenters. The molecule has 0 aromatic heterocycles. The molecule has 2 heterocycles. The van der Waals surface area contributed by atoms with Crippen LogP contribution in [-0.2, 0) is 21.7 Å². The number of benzene rings is 1. The van der Waals surface area contributed by atoms with Gasteiger partial charge in [-0.3, -0.25) is 0 Å². The van der Waals surface area contributed by atoms with Crippen molar-refractivity contribution in [3.8, 4) is 0 Å². The smallest absolute Gasteiger partial charge is 0.151 e. The van der Waals surface area contributed by atoms with Gasteiger partial charge in [0.1, 0.15) is 0 Å². The Hall–Kier alpha value is 0.770. The highest BCUT2D eigenvalue weighted by atomic mass is 33.5. The van der Waals surface area contributed by atoms with Crippen LogP contribution >= 0.6 is 45.1 Å². The predicted octanol–water partition coefficient (Wildman–Crippen LogP) is 4.79. The van der Waals surface area contributed by atoms with E-state index in [9.17, 15) is 4.21 Å². The summed E-state index contributed by atoms with van der Waals surface area (Å²) in [5.74, 6) is 2.40. The molecule has 98 valence electrons. The second-order valence-corrected chi connectivity index (χ2v) is 11.3. The van der Waals surface area contributed by atoms with E-state index in [1.165, 1.54) is 42.2 Å². The van der Waals surface area contributed by atoms with E-state index in [0.29, 0.717) is 0 Å². The molecule has 0 saturated carbocycles. The Morgan fingerprint density at radius 3 is 1.72 bits per heavy atom. The van der Waals surface area contributed by atoms with Crippen LogP contribution in [0.15, 0.2) is 19.6 Å². The second-order valence-electron chi connectivity index (χ2n) is 4.05. The van der Waals surface area contributed by atoms with Crippen molar-refractivity contribution in [1.82, 2.24) is 0 Å². The van der Waals surface area contributed by atoms with E-state index in [2.05, 4.69) is 13.8 Å². The van der Waals surface area contributed by atoms with Gasteiger partial charge >= 0.3 is 0 Å². The number of hydrogen-bond acceptors (Lipinski definition) is 5. The summed E-state index contributed by atoms with van der Waals surface area (Å²) in [6.07, 6.45) is 2.10. The van der Waals surface area contributed by atoms with Gasteiger partial charge in [0.05, 0.1) is 0 Å². The third kappa shape index (κ3) is 2.18. The van der Waals surface area contributed by atoms with Crippen LogP contribution in [0.5, 0.6) is 0 Å². The molecule has 2 aliphatic rings. The first-order valence-electron chi connectivity index (χ1n) is 6.02. The molecular weight excluding hydrogens is 320 g/mol. The summed E-state index contributed by atoms with van der Waals surface area (Å²) >= 11 is 3.99. The van der Waals surface area contributed by atoms with Crippen molar-refractivity contribution in [2.45, 2.75) is 46.3 Å². The summed E-state index contributed by atoms with van der Waals surface area (Å²) in [5.41, 5.74) is 2.88. The zero-order valence-electron chi connectivity index (χ0n) is 10.3. The van der Waals surface area contributed by atoms with Gasteiger partial charge in [-0.05, 0) is 45.6 Å². The molecule has 0 amide bonds. The lowest BCUT2D eigenvalue weighted by atomic mass is 10.1. The second kappa shape index (κ2) is 5.64. The average molecular weight is 335 g/mol. The normalized spacial score (nSPS) is 18.8. The van der Waals surface area contributed by atoms with E-state index < -0.39 is 8.86 Å². The molecule has 6 heteroatoms. The fraction of sp³-hybridized carbons (Fsp3) is 0.500.